The van der Waals surface area contributed by atoms with E-state index >= 15 is 0 Å². The van der Waals surface area contributed by atoms with Gasteiger partial charge in [-0.15, -0.1) is 11.8 Å². The smallest absolute Gasteiger partial charge is 0.225 e. The molecule has 1 aliphatic rings. The van der Waals surface area contributed by atoms with Crippen LogP contribution in [0.2, 0.25) is 0 Å². The summed E-state index contributed by atoms with van der Waals surface area (Å²) >= 11 is 1.62. The van der Waals surface area contributed by atoms with Crippen molar-refractivity contribution in [3.05, 3.63) is 89.2 Å². The predicted molar refractivity (Wildman–Crippen MR) is 118 cm³/mol. The molecule has 0 saturated heterocycles. The number of nitrogens with one attached hydrogen (secondary N) is 1. The Balaban J connectivity index is 1.60. The van der Waals surface area contributed by atoms with Gasteiger partial charge in [-0.25, -0.2) is 4.39 Å². The molecule has 0 unspecified atom stereocenters. The number of hydrogen-bond acceptors (Lipinski definition) is 3. The Kier molecular flexibility index (Phi) is 5.49. The number of halogens is 1. The van der Waals surface area contributed by atoms with Crippen molar-refractivity contribution < 1.29 is 9.18 Å². The highest BCUT2D eigenvalue weighted by atomic mass is 32.2. The third-order valence-corrected chi connectivity index (χ3v) is 6.12. The zero-order chi connectivity index (χ0) is 20.4. The molecule has 0 radical (unpaired) electrons. The first kappa shape index (κ1) is 19.4. The van der Waals surface area contributed by atoms with Gasteiger partial charge in [0.1, 0.15) is 5.82 Å². The van der Waals surface area contributed by atoms with E-state index in [2.05, 4.69) is 5.32 Å². The fraction of sp³-hybridized carbons (Fsp3) is 0.167. The Bertz CT molecular complexity index is 1090. The van der Waals surface area contributed by atoms with Gasteiger partial charge >= 0.3 is 0 Å². The zero-order valence-electron chi connectivity index (χ0n) is 16.3. The van der Waals surface area contributed by atoms with E-state index in [1.54, 1.807) is 23.9 Å². The molecule has 29 heavy (non-hydrogen) atoms. The van der Waals surface area contributed by atoms with Crippen LogP contribution in [-0.4, -0.2) is 16.9 Å². The van der Waals surface area contributed by atoms with Gasteiger partial charge in [0.25, 0.3) is 0 Å². The van der Waals surface area contributed by atoms with Crippen molar-refractivity contribution in [3.8, 4) is 0 Å². The minimum absolute atomic E-state index is 0.0661. The van der Waals surface area contributed by atoms with Crippen LogP contribution >= 0.6 is 11.8 Å². The van der Waals surface area contributed by atoms with E-state index in [4.69, 9.17) is 4.99 Å². The molecule has 1 aliphatic heterocycles. The minimum atomic E-state index is -0.289. The average Bonchev–Trinajstić information content (AvgIpc) is 2.70. The van der Waals surface area contributed by atoms with Crippen LogP contribution in [-0.2, 0) is 4.79 Å². The topological polar surface area (TPSA) is 41.5 Å². The van der Waals surface area contributed by atoms with E-state index in [0.29, 0.717) is 0 Å². The van der Waals surface area contributed by atoms with Crippen molar-refractivity contribution in [1.29, 1.82) is 0 Å². The number of thioether (sulfide) groups is 1. The summed E-state index contributed by atoms with van der Waals surface area (Å²) < 4.78 is 13.4. The Morgan fingerprint density at radius 2 is 1.83 bits per heavy atom. The Morgan fingerprint density at radius 3 is 2.59 bits per heavy atom. The van der Waals surface area contributed by atoms with Crippen LogP contribution in [0.25, 0.3) is 0 Å². The van der Waals surface area contributed by atoms with Crippen LogP contribution in [0, 0.1) is 19.7 Å². The van der Waals surface area contributed by atoms with E-state index in [-0.39, 0.29) is 23.4 Å². The quantitative estimate of drug-likeness (QED) is 0.574. The van der Waals surface area contributed by atoms with Gasteiger partial charge in [0.05, 0.1) is 16.6 Å². The van der Waals surface area contributed by atoms with Crippen molar-refractivity contribution >= 4 is 34.8 Å². The molecule has 0 aromatic heterocycles. The standard InChI is InChI=1S/C24H21FN2OS/c1-15-7-12-19(16(2)13-15)26-23(28)14-22-24(17-8-10-18(25)11-9-17)27-20-5-3-4-6-21(20)29-22/h3-13,22H,14H2,1-2H3,(H,26,28)/t22-/m1/s1. The summed E-state index contributed by atoms with van der Waals surface area (Å²) in [4.78, 5) is 18.7. The molecule has 3 nitrogen and oxygen atoms in total. The molecule has 3 aromatic rings. The average molecular weight is 405 g/mol. The molecular formula is C24H21FN2OS. The number of aryl methyl sites for hydroxylation is 2. The maximum atomic E-state index is 13.4. The molecule has 146 valence electrons. The van der Waals surface area contributed by atoms with Gasteiger partial charge < -0.3 is 5.32 Å². The lowest BCUT2D eigenvalue weighted by atomic mass is 10.0. The fourth-order valence-corrected chi connectivity index (χ4v) is 4.63. The van der Waals surface area contributed by atoms with Gasteiger partial charge in [-0.05, 0) is 55.3 Å². The highest BCUT2D eigenvalue weighted by Gasteiger charge is 2.27. The lowest BCUT2D eigenvalue weighted by Gasteiger charge is -2.24. The Hall–Kier alpha value is -2.92. The van der Waals surface area contributed by atoms with Crippen molar-refractivity contribution in [2.75, 3.05) is 5.32 Å². The first-order chi connectivity index (χ1) is 14.0. The second kappa shape index (κ2) is 8.21. The number of amides is 1. The van der Waals surface area contributed by atoms with E-state index < -0.39 is 0 Å². The third-order valence-electron chi connectivity index (χ3n) is 4.85. The second-order valence-electron chi connectivity index (χ2n) is 7.15. The number of rotatable bonds is 4. The number of benzene rings is 3. The molecule has 0 spiro atoms. The van der Waals surface area contributed by atoms with Crippen molar-refractivity contribution in [3.63, 3.8) is 0 Å². The van der Waals surface area contributed by atoms with Crippen LogP contribution in [0.3, 0.4) is 0 Å². The molecule has 1 N–H and O–H groups in total. The molecule has 3 aromatic carbocycles. The molecule has 0 bridgehead atoms. The van der Waals surface area contributed by atoms with E-state index in [0.717, 1.165) is 38.7 Å². The molecule has 4 rings (SSSR count). The molecule has 1 atom stereocenters. The number of aliphatic imine (C=N–C) groups is 1. The first-order valence-corrected chi connectivity index (χ1v) is 10.3. The molecule has 0 saturated carbocycles. The zero-order valence-corrected chi connectivity index (χ0v) is 17.1. The van der Waals surface area contributed by atoms with Crippen LogP contribution < -0.4 is 5.32 Å². The summed E-state index contributed by atoms with van der Waals surface area (Å²) in [6, 6.07) is 20.1. The summed E-state index contributed by atoms with van der Waals surface area (Å²) in [6.07, 6.45) is 0.280. The van der Waals surface area contributed by atoms with Crippen LogP contribution in [0.1, 0.15) is 23.1 Å². The number of anilines is 1. The minimum Gasteiger partial charge on any atom is -0.326 e. The number of carbonyl (C=O) groups excluding carboxylic acids is 1. The molecular weight excluding hydrogens is 383 g/mol. The van der Waals surface area contributed by atoms with Crippen molar-refractivity contribution in [1.82, 2.24) is 0 Å². The van der Waals surface area contributed by atoms with Gasteiger partial charge in [0.15, 0.2) is 0 Å². The fourth-order valence-electron chi connectivity index (χ4n) is 3.39. The van der Waals surface area contributed by atoms with Crippen molar-refractivity contribution in [2.45, 2.75) is 30.4 Å². The van der Waals surface area contributed by atoms with E-state index in [1.807, 2.05) is 56.3 Å². The number of para-hydroxylation sites is 1. The number of hydrogen-bond donors (Lipinski definition) is 1. The summed E-state index contributed by atoms with van der Waals surface area (Å²) in [6.45, 7) is 4.01. The Labute approximate surface area is 174 Å². The van der Waals surface area contributed by atoms with Gasteiger partial charge in [0, 0.05) is 17.0 Å². The molecule has 1 amide bonds. The van der Waals surface area contributed by atoms with Gasteiger partial charge in [-0.3, -0.25) is 9.79 Å². The summed E-state index contributed by atoms with van der Waals surface area (Å²) in [7, 11) is 0. The van der Waals surface area contributed by atoms with Gasteiger partial charge in [-0.1, -0.05) is 42.0 Å². The van der Waals surface area contributed by atoms with E-state index in [9.17, 15) is 9.18 Å². The summed E-state index contributed by atoms with van der Waals surface area (Å²) in [5.41, 5.74) is 5.52. The van der Waals surface area contributed by atoms with Crippen molar-refractivity contribution in [2.24, 2.45) is 4.99 Å². The normalized spacial score (nSPS) is 15.4. The predicted octanol–water partition coefficient (Wildman–Crippen LogP) is 6.07. The highest BCUT2D eigenvalue weighted by molar-refractivity contribution is 8.01. The SMILES string of the molecule is Cc1ccc(NC(=O)C[C@H]2Sc3ccccc3N=C2c2ccc(F)cc2)c(C)c1. The summed E-state index contributed by atoms with van der Waals surface area (Å²) in [5.74, 6) is -0.356. The lowest BCUT2D eigenvalue weighted by molar-refractivity contribution is -0.116. The maximum absolute atomic E-state index is 13.4. The second-order valence-corrected chi connectivity index (χ2v) is 8.39. The first-order valence-electron chi connectivity index (χ1n) is 9.47. The molecule has 0 aliphatic carbocycles. The highest BCUT2D eigenvalue weighted by Crippen LogP contribution is 2.40. The Morgan fingerprint density at radius 1 is 1.07 bits per heavy atom. The largest absolute Gasteiger partial charge is 0.326 e. The number of nitrogens with zero attached hydrogens (tertiary/aromatic N) is 1. The maximum Gasteiger partial charge on any atom is 0.225 e. The molecule has 5 heteroatoms. The molecule has 1 heterocycles. The van der Waals surface area contributed by atoms with E-state index in [1.165, 1.54) is 12.1 Å². The van der Waals surface area contributed by atoms with Gasteiger partial charge in [-0.2, -0.15) is 0 Å². The van der Waals surface area contributed by atoms with Crippen LogP contribution in [0.5, 0.6) is 0 Å². The monoisotopic (exact) mass is 404 g/mol. The summed E-state index contributed by atoms with van der Waals surface area (Å²) in [5, 5.41) is 2.87. The van der Waals surface area contributed by atoms with Gasteiger partial charge in [0.2, 0.25) is 5.91 Å². The number of carbonyl (C=O) groups is 1. The third kappa shape index (κ3) is 4.40. The van der Waals surface area contributed by atoms with Crippen LogP contribution in [0.15, 0.2) is 76.6 Å². The number of fused-ring (bicyclic) bond motifs is 1. The van der Waals surface area contributed by atoms with Crippen LogP contribution in [0.4, 0.5) is 15.8 Å². The lowest BCUT2D eigenvalue weighted by Crippen LogP contribution is -2.27. The molecule has 0 fully saturated rings.